The van der Waals surface area contributed by atoms with Gasteiger partial charge in [-0.15, -0.1) is 11.3 Å². The second kappa shape index (κ2) is 13.4. The molecule has 1 aromatic heterocycles. The van der Waals surface area contributed by atoms with Crippen LogP contribution in [0, 0.1) is 19.7 Å². The highest BCUT2D eigenvalue weighted by atomic mass is 32.1. The average molecular weight is 541 g/mol. The van der Waals surface area contributed by atoms with Gasteiger partial charge < -0.3 is 15.5 Å². The first kappa shape index (κ1) is 29.1. The Bertz CT molecular complexity index is 1280. The predicted molar refractivity (Wildman–Crippen MR) is 148 cm³/mol. The van der Waals surface area contributed by atoms with Gasteiger partial charge in [0.15, 0.2) is 0 Å². The largest absolute Gasteiger partial charge is 0.392 e. The van der Waals surface area contributed by atoms with Gasteiger partial charge in [-0.2, -0.15) is 5.10 Å². The Morgan fingerprint density at radius 2 is 1.71 bits per heavy atom. The van der Waals surface area contributed by atoms with Crippen LogP contribution in [-0.2, 0) is 6.54 Å². The molecule has 0 spiro atoms. The van der Waals surface area contributed by atoms with E-state index in [1.54, 1.807) is 51.1 Å². The van der Waals surface area contributed by atoms with Crippen LogP contribution in [-0.4, -0.2) is 58.4 Å². The fraction of sp³-hybridized carbons (Fsp3) is 0.321. The summed E-state index contributed by atoms with van der Waals surface area (Å²) >= 11 is 1.30. The molecule has 0 saturated heterocycles. The number of aryl methyl sites for hydroxylation is 1. The van der Waals surface area contributed by atoms with Gasteiger partial charge in [0, 0.05) is 30.1 Å². The topological polar surface area (TPSA) is 114 Å². The number of anilines is 1. The van der Waals surface area contributed by atoms with Crippen LogP contribution in [0.15, 0.2) is 53.6 Å². The summed E-state index contributed by atoms with van der Waals surface area (Å²) in [5.41, 5.74) is 5.43. The molecule has 8 nitrogen and oxygen atoms in total. The minimum Gasteiger partial charge on any atom is -0.392 e. The van der Waals surface area contributed by atoms with Gasteiger partial charge in [-0.1, -0.05) is 24.3 Å². The number of hydrogen-bond acceptors (Lipinski definition) is 7. The number of carbonyl (C=O) groups excluding carboxylic acids is 2. The summed E-state index contributed by atoms with van der Waals surface area (Å²) in [6, 6.07) is 12.8. The number of nitrogens with zero attached hydrogens (tertiary/aromatic N) is 2. The zero-order valence-corrected chi connectivity index (χ0v) is 22.7. The molecule has 2 atom stereocenters. The molecule has 0 aliphatic rings. The van der Waals surface area contributed by atoms with E-state index in [-0.39, 0.29) is 11.7 Å². The summed E-state index contributed by atoms with van der Waals surface area (Å²) in [5.74, 6) is -1.20. The first-order chi connectivity index (χ1) is 18.0. The van der Waals surface area contributed by atoms with Crippen molar-refractivity contribution in [3.8, 4) is 0 Å². The zero-order chi connectivity index (χ0) is 27.8. The lowest BCUT2D eigenvalue weighted by molar-refractivity contribution is 0.0793. The maximum Gasteiger partial charge on any atom is 0.274 e. The molecule has 202 valence electrons. The molecule has 2 amide bonds. The van der Waals surface area contributed by atoms with Gasteiger partial charge in [0.25, 0.3) is 11.8 Å². The highest BCUT2D eigenvalue weighted by Crippen LogP contribution is 2.32. The number of aliphatic hydroxyl groups is 2. The summed E-state index contributed by atoms with van der Waals surface area (Å²) < 4.78 is 13.1. The molecule has 2 aromatic carbocycles. The third-order valence-corrected chi connectivity index (χ3v) is 6.85. The number of aliphatic hydroxyl groups excluding tert-OH is 2. The lowest BCUT2D eigenvalue weighted by atomic mass is 10.1. The van der Waals surface area contributed by atoms with Crippen LogP contribution in [0.25, 0.3) is 0 Å². The van der Waals surface area contributed by atoms with Crippen LogP contribution in [0.5, 0.6) is 0 Å². The van der Waals surface area contributed by atoms with Crippen LogP contribution in [0.2, 0.25) is 0 Å². The number of benzene rings is 2. The molecule has 0 radical (unpaired) electrons. The van der Waals surface area contributed by atoms with Crippen molar-refractivity contribution in [2.24, 2.45) is 5.10 Å². The highest BCUT2D eigenvalue weighted by molar-refractivity contribution is 7.16. The molecule has 0 fully saturated rings. The van der Waals surface area contributed by atoms with Gasteiger partial charge in [-0.3, -0.25) is 14.5 Å². The number of halogens is 1. The van der Waals surface area contributed by atoms with Gasteiger partial charge >= 0.3 is 0 Å². The van der Waals surface area contributed by atoms with E-state index in [2.05, 4.69) is 15.8 Å². The Morgan fingerprint density at radius 1 is 1.05 bits per heavy atom. The molecule has 0 aliphatic heterocycles. The predicted octanol–water partition coefficient (Wildman–Crippen LogP) is 4.08. The molecular formula is C28H33FN4O4S. The monoisotopic (exact) mass is 540 g/mol. The van der Waals surface area contributed by atoms with E-state index in [9.17, 15) is 24.2 Å². The fourth-order valence-electron chi connectivity index (χ4n) is 3.95. The Labute approximate surface area is 225 Å². The van der Waals surface area contributed by atoms with E-state index in [0.29, 0.717) is 41.3 Å². The number of thiophene rings is 1. The minimum atomic E-state index is -0.560. The van der Waals surface area contributed by atoms with Crippen molar-refractivity contribution in [1.82, 2.24) is 10.3 Å². The van der Waals surface area contributed by atoms with Crippen molar-refractivity contribution < 1.29 is 24.2 Å². The minimum absolute atomic E-state index is 0.327. The van der Waals surface area contributed by atoms with Gasteiger partial charge in [0.1, 0.15) is 10.8 Å². The number of hydrazone groups is 1. The second-order valence-corrected chi connectivity index (χ2v) is 10.5. The maximum absolute atomic E-state index is 13.1. The Balaban J connectivity index is 1.73. The summed E-state index contributed by atoms with van der Waals surface area (Å²) in [4.78, 5) is 28.9. The molecular weight excluding hydrogens is 507 g/mol. The van der Waals surface area contributed by atoms with Gasteiger partial charge in [-0.25, -0.2) is 9.82 Å². The van der Waals surface area contributed by atoms with Gasteiger partial charge in [0.2, 0.25) is 0 Å². The number of nitrogens with one attached hydrogen (secondary N) is 2. The summed E-state index contributed by atoms with van der Waals surface area (Å²) in [6.07, 6.45) is 0.291. The molecule has 3 aromatic rings. The SMILES string of the molecule is Cc1sc(NC(=O)c2cccc(CN(CC(C)O)CC(C)O)c2)c(C(=O)NN=Cc2ccc(F)cc2)c1C. The van der Waals surface area contributed by atoms with Crippen molar-refractivity contribution in [3.05, 3.63) is 87.0 Å². The van der Waals surface area contributed by atoms with Crippen molar-refractivity contribution in [2.45, 2.75) is 46.4 Å². The lowest BCUT2D eigenvalue weighted by Gasteiger charge is -2.25. The molecule has 38 heavy (non-hydrogen) atoms. The van der Waals surface area contributed by atoms with Crippen LogP contribution in [0.4, 0.5) is 9.39 Å². The molecule has 0 aliphatic carbocycles. The van der Waals surface area contributed by atoms with E-state index in [0.717, 1.165) is 16.0 Å². The standard InChI is InChI=1S/C28H33FN4O4S/c1-17(34)14-33(15-18(2)35)16-22-6-5-7-23(12-22)26(36)31-28-25(19(3)20(4)38-28)27(37)32-30-13-21-8-10-24(29)11-9-21/h5-13,17-18,34-35H,14-16H2,1-4H3,(H,31,36)(H,32,37). The molecule has 0 saturated carbocycles. The molecule has 0 bridgehead atoms. The van der Waals surface area contributed by atoms with Gasteiger partial charge in [0.05, 0.1) is 24.0 Å². The number of hydrogen-bond donors (Lipinski definition) is 4. The normalized spacial score (nSPS) is 13.1. The molecule has 4 N–H and O–H groups in total. The van der Waals surface area contributed by atoms with E-state index in [4.69, 9.17) is 0 Å². The Kier molecular flexibility index (Phi) is 10.3. The van der Waals surface area contributed by atoms with Crippen LogP contribution < -0.4 is 10.7 Å². The van der Waals surface area contributed by atoms with Crippen LogP contribution in [0.1, 0.15) is 56.1 Å². The zero-order valence-electron chi connectivity index (χ0n) is 21.9. The Morgan fingerprint density at radius 3 is 2.34 bits per heavy atom. The van der Waals surface area contributed by atoms with E-state index in [1.165, 1.54) is 29.7 Å². The van der Waals surface area contributed by atoms with Crippen molar-refractivity contribution in [3.63, 3.8) is 0 Å². The third kappa shape index (κ3) is 8.29. The van der Waals surface area contributed by atoms with Crippen molar-refractivity contribution in [2.75, 3.05) is 18.4 Å². The second-order valence-electron chi connectivity index (χ2n) is 9.28. The molecule has 2 unspecified atom stereocenters. The van der Waals surface area contributed by atoms with E-state index >= 15 is 0 Å². The lowest BCUT2D eigenvalue weighted by Crippen LogP contribution is -2.35. The number of rotatable bonds is 11. The van der Waals surface area contributed by atoms with Gasteiger partial charge in [-0.05, 0) is 68.7 Å². The molecule has 1 heterocycles. The number of amides is 2. The van der Waals surface area contributed by atoms with Crippen LogP contribution >= 0.6 is 11.3 Å². The van der Waals surface area contributed by atoms with E-state index in [1.807, 2.05) is 17.9 Å². The van der Waals surface area contributed by atoms with Crippen LogP contribution in [0.3, 0.4) is 0 Å². The van der Waals surface area contributed by atoms with E-state index < -0.39 is 18.1 Å². The highest BCUT2D eigenvalue weighted by Gasteiger charge is 2.22. The number of carbonyl (C=O) groups is 2. The smallest absolute Gasteiger partial charge is 0.274 e. The third-order valence-electron chi connectivity index (χ3n) is 5.73. The molecule has 10 heteroatoms. The first-order valence-corrected chi connectivity index (χ1v) is 13.0. The maximum atomic E-state index is 13.1. The van der Waals surface area contributed by atoms with Crippen molar-refractivity contribution >= 4 is 34.4 Å². The summed E-state index contributed by atoms with van der Waals surface area (Å²) in [6.45, 7) is 8.27. The molecule has 3 rings (SSSR count). The first-order valence-electron chi connectivity index (χ1n) is 12.2. The average Bonchev–Trinajstić information content (AvgIpc) is 3.12. The fourth-order valence-corrected chi connectivity index (χ4v) is 5.01. The summed E-state index contributed by atoms with van der Waals surface area (Å²) in [5, 5.41) is 26.8. The summed E-state index contributed by atoms with van der Waals surface area (Å²) in [7, 11) is 0. The quantitative estimate of drug-likeness (QED) is 0.216. The van der Waals surface area contributed by atoms with Crippen molar-refractivity contribution in [1.29, 1.82) is 0 Å². The Hall–Kier alpha value is -3.44.